The van der Waals surface area contributed by atoms with E-state index in [1.54, 1.807) is 18.9 Å². The second-order valence-corrected chi connectivity index (χ2v) is 4.82. The van der Waals surface area contributed by atoms with Crippen molar-refractivity contribution in [1.82, 2.24) is 15.1 Å². The van der Waals surface area contributed by atoms with Crippen molar-refractivity contribution in [1.29, 1.82) is 0 Å². The van der Waals surface area contributed by atoms with Gasteiger partial charge in [-0.15, -0.1) is 11.8 Å². The number of ether oxygens (including phenoxy) is 1. The van der Waals surface area contributed by atoms with Gasteiger partial charge in [0.15, 0.2) is 0 Å². The van der Waals surface area contributed by atoms with Crippen molar-refractivity contribution in [3.63, 3.8) is 0 Å². The van der Waals surface area contributed by atoms with Crippen LogP contribution in [0.2, 0.25) is 0 Å². The average molecular weight is 259 g/mol. The summed E-state index contributed by atoms with van der Waals surface area (Å²) in [6.45, 7) is 4.52. The summed E-state index contributed by atoms with van der Waals surface area (Å²) in [5.41, 5.74) is 2.25. The number of hydrogen-bond acceptors (Lipinski definition) is 5. The Kier molecular flexibility index (Phi) is 6.57. The molecule has 0 aliphatic rings. The molecule has 0 bridgehead atoms. The predicted molar refractivity (Wildman–Crippen MR) is 69.3 cm³/mol. The number of nitrogens with one attached hydrogen (secondary N) is 1. The number of hydrogen-bond donors (Lipinski definition) is 2. The Balaban J connectivity index is 2.61. The lowest BCUT2D eigenvalue weighted by Crippen LogP contribution is -2.19. The van der Waals surface area contributed by atoms with Crippen molar-refractivity contribution < 1.29 is 9.84 Å². The van der Waals surface area contributed by atoms with Crippen molar-refractivity contribution in [3.05, 3.63) is 11.3 Å². The van der Waals surface area contributed by atoms with Crippen molar-refractivity contribution in [2.45, 2.75) is 18.5 Å². The van der Waals surface area contributed by atoms with Gasteiger partial charge >= 0.3 is 0 Å². The molecule has 98 valence electrons. The van der Waals surface area contributed by atoms with Crippen LogP contribution in [-0.2, 0) is 18.3 Å². The van der Waals surface area contributed by atoms with Gasteiger partial charge in [-0.2, -0.15) is 5.10 Å². The molecule has 0 saturated carbocycles. The second kappa shape index (κ2) is 7.71. The molecular weight excluding hydrogens is 238 g/mol. The first kappa shape index (κ1) is 14.5. The van der Waals surface area contributed by atoms with Crippen LogP contribution < -0.4 is 5.32 Å². The van der Waals surface area contributed by atoms with Crippen LogP contribution in [0.1, 0.15) is 11.3 Å². The maximum absolute atomic E-state index is 8.88. The number of rotatable bonds is 8. The van der Waals surface area contributed by atoms with Crippen LogP contribution in [-0.4, -0.2) is 47.5 Å². The fourth-order valence-electron chi connectivity index (χ4n) is 1.59. The molecule has 0 aliphatic heterocycles. The molecule has 5 nitrogen and oxygen atoms in total. The number of aliphatic hydroxyl groups excluding tert-OH is 1. The van der Waals surface area contributed by atoms with Gasteiger partial charge in [0, 0.05) is 38.6 Å². The van der Waals surface area contributed by atoms with Crippen LogP contribution in [0, 0.1) is 6.92 Å². The van der Waals surface area contributed by atoms with Gasteiger partial charge in [0.25, 0.3) is 0 Å². The highest BCUT2D eigenvalue weighted by molar-refractivity contribution is 7.99. The largest absolute Gasteiger partial charge is 0.396 e. The summed E-state index contributed by atoms with van der Waals surface area (Å²) in [6, 6.07) is 0. The summed E-state index contributed by atoms with van der Waals surface area (Å²) in [5, 5.41) is 17.7. The van der Waals surface area contributed by atoms with Crippen molar-refractivity contribution >= 4 is 11.8 Å². The van der Waals surface area contributed by atoms with Crippen molar-refractivity contribution in [3.8, 4) is 0 Å². The van der Waals surface area contributed by atoms with Crippen LogP contribution in [0.15, 0.2) is 5.03 Å². The summed E-state index contributed by atoms with van der Waals surface area (Å²) < 4.78 is 6.87. The lowest BCUT2D eigenvalue weighted by atomic mass is 10.2. The molecule has 17 heavy (non-hydrogen) atoms. The van der Waals surface area contributed by atoms with E-state index in [1.807, 2.05) is 18.7 Å². The fraction of sp³-hybridized carbons (Fsp3) is 0.727. The van der Waals surface area contributed by atoms with E-state index in [2.05, 4.69) is 10.4 Å². The van der Waals surface area contributed by atoms with Gasteiger partial charge in [-0.25, -0.2) is 0 Å². The molecule has 0 atom stereocenters. The number of aliphatic hydroxyl groups is 1. The molecule has 6 heteroatoms. The molecule has 0 saturated heterocycles. The molecular formula is C11H21N3O2S. The molecule has 1 aromatic heterocycles. The minimum atomic E-state index is 0.186. The second-order valence-electron chi connectivity index (χ2n) is 3.73. The summed E-state index contributed by atoms with van der Waals surface area (Å²) >= 11 is 1.64. The summed E-state index contributed by atoms with van der Waals surface area (Å²) in [6.07, 6.45) is 0. The van der Waals surface area contributed by atoms with Gasteiger partial charge in [-0.1, -0.05) is 0 Å². The normalized spacial score (nSPS) is 11.1. The lowest BCUT2D eigenvalue weighted by molar-refractivity contribution is 0.199. The summed E-state index contributed by atoms with van der Waals surface area (Å²) in [4.78, 5) is 0. The number of methoxy groups -OCH3 is 1. The quantitative estimate of drug-likeness (QED) is 0.527. The smallest absolute Gasteiger partial charge is 0.0985 e. The predicted octanol–water partition coefficient (Wildman–Crippen LogP) is 0.549. The molecule has 0 fully saturated rings. The molecule has 0 unspecified atom stereocenters. The molecule has 0 aliphatic carbocycles. The Morgan fingerprint density at radius 3 is 2.94 bits per heavy atom. The molecule has 1 rings (SSSR count). The van der Waals surface area contributed by atoms with Crippen LogP contribution in [0.4, 0.5) is 0 Å². The zero-order valence-corrected chi connectivity index (χ0v) is 11.5. The maximum Gasteiger partial charge on any atom is 0.0985 e. The fourth-order valence-corrected chi connectivity index (χ4v) is 2.50. The van der Waals surface area contributed by atoms with Gasteiger partial charge in [-0.05, 0) is 6.92 Å². The Morgan fingerprint density at radius 2 is 2.29 bits per heavy atom. The molecule has 2 N–H and O–H groups in total. The third-order valence-electron chi connectivity index (χ3n) is 2.40. The standard InChI is InChI=1S/C11H21N3O2S/c1-9-10(8-12-4-6-16-3)11(14(2)13-9)17-7-5-15/h12,15H,4-8H2,1-3H3. The highest BCUT2D eigenvalue weighted by Gasteiger charge is 2.12. The highest BCUT2D eigenvalue weighted by Crippen LogP contribution is 2.24. The number of thioether (sulfide) groups is 1. The van der Waals surface area contributed by atoms with Gasteiger partial charge in [0.05, 0.1) is 23.9 Å². The molecule has 0 amide bonds. The average Bonchev–Trinajstić information content (AvgIpc) is 2.57. The topological polar surface area (TPSA) is 59.3 Å². The van der Waals surface area contributed by atoms with E-state index in [1.165, 1.54) is 5.56 Å². The Bertz CT molecular complexity index is 342. The summed E-state index contributed by atoms with van der Waals surface area (Å²) in [7, 11) is 3.63. The lowest BCUT2D eigenvalue weighted by Gasteiger charge is -2.07. The van der Waals surface area contributed by atoms with Crippen LogP contribution in [0.3, 0.4) is 0 Å². The minimum absolute atomic E-state index is 0.186. The summed E-state index contributed by atoms with van der Waals surface area (Å²) in [5.74, 6) is 0.698. The number of aryl methyl sites for hydroxylation is 2. The van der Waals surface area contributed by atoms with Gasteiger partial charge in [0.2, 0.25) is 0 Å². The highest BCUT2D eigenvalue weighted by atomic mass is 32.2. The molecule has 0 spiro atoms. The van der Waals surface area contributed by atoms with E-state index >= 15 is 0 Å². The first-order valence-electron chi connectivity index (χ1n) is 5.66. The minimum Gasteiger partial charge on any atom is -0.396 e. The van der Waals surface area contributed by atoms with Gasteiger partial charge < -0.3 is 15.2 Å². The first-order chi connectivity index (χ1) is 8.20. The Hall–Kier alpha value is -0.560. The van der Waals surface area contributed by atoms with Gasteiger partial charge in [-0.3, -0.25) is 4.68 Å². The molecule has 1 heterocycles. The zero-order valence-electron chi connectivity index (χ0n) is 10.7. The first-order valence-corrected chi connectivity index (χ1v) is 6.65. The molecule has 0 aromatic carbocycles. The van der Waals surface area contributed by atoms with Gasteiger partial charge in [0.1, 0.15) is 0 Å². The van der Waals surface area contributed by atoms with Crippen molar-refractivity contribution in [2.75, 3.05) is 32.6 Å². The SMILES string of the molecule is COCCNCc1c(C)nn(C)c1SCCO. The molecule has 0 radical (unpaired) electrons. The number of aromatic nitrogens is 2. The third kappa shape index (κ3) is 4.31. The van der Waals surface area contributed by atoms with E-state index < -0.39 is 0 Å². The van der Waals surface area contributed by atoms with E-state index in [0.29, 0.717) is 12.4 Å². The third-order valence-corrected chi connectivity index (χ3v) is 3.57. The maximum atomic E-state index is 8.88. The number of nitrogens with zero attached hydrogens (tertiary/aromatic N) is 2. The van der Waals surface area contributed by atoms with Crippen LogP contribution in [0.5, 0.6) is 0 Å². The monoisotopic (exact) mass is 259 g/mol. The van der Waals surface area contributed by atoms with Crippen LogP contribution >= 0.6 is 11.8 Å². The van der Waals surface area contributed by atoms with E-state index in [0.717, 1.165) is 23.8 Å². The Morgan fingerprint density at radius 1 is 1.53 bits per heavy atom. The van der Waals surface area contributed by atoms with E-state index in [-0.39, 0.29) is 6.61 Å². The van der Waals surface area contributed by atoms with Crippen LogP contribution in [0.25, 0.3) is 0 Å². The van der Waals surface area contributed by atoms with Crippen molar-refractivity contribution in [2.24, 2.45) is 7.05 Å². The van der Waals surface area contributed by atoms with E-state index in [9.17, 15) is 0 Å². The Labute approximate surface area is 107 Å². The van der Waals surface area contributed by atoms with E-state index in [4.69, 9.17) is 9.84 Å². The molecule has 1 aromatic rings. The zero-order chi connectivity index (χ0) is 12.7.